The molecule has 0 spiro atoms. The van der Waals surface area contributed by atoms with Crippen molar-refractivity contribution < 1.29 is 13.6 Å². The van der Waals surface area contributed by atoms with Crippen LogP contribution in [0.25, 0.3) is 0 Å². The molecule has 2 rings (SSSR count). The van der Waals surface area contributed by atoms with Crippen LogP contribution in [0.5, 0.6) is 5.75 Å². The highest BCUT2D eigenvalue weighted by molar-refractivity contribution is 7.98. The summed E-state index contributed by atoms with van der Waals surface area (Å²) in [6.07, 6.45) is -2.19. The number of thioether (sulfide) groups is 1. The highest BCUT2D eigenvalue weighted by atomic mass is 32.2. The summed E-state index contributed by atoms with van der Waals surface area (Å²) >= 11 is 0.727. The van der Waals surface area contributed by atoms with Crippen molar-refractivity contribution in [2.45, 2.75) is 18.4 Å². The normalized spacial score (nSPS) is 12.9. The molecule has 3 nitrogen and oxygen atoms in total. The maximum absolute atomic E-state index is 11.1. The second-order valence-corrected chi connectivity index (χ2v) is 4.86. The summed E-state index contributed by atoms with van der Waals surface area (Å²) in [5, 5.41) is 2.64. The van der Waals surface area contributed by atoms with E-state index in [1.807, 2.05) is 30.3 Å². The molecule has 0 saturated heterocycles. The molecule has 0 unspecified atom stereocenters. The Hall–Kier alpha value is -1.94. The molecule has 0 atom stereocenters. The molecule has 0 radical (unpaired) electrons. The molecule has 0 heterocycles. The molecular formula is C16H17NO2S. The van der Waals surface area contributed by atoms with Crippen LogP contribution in [-0.4, -0.2) is 12.1 Å². The molecule has 0 saturated carbocycles. The average Bonchev–Trinajstić information content (AvgIpc) is 2.45. The molecule has 0 aromatic heterocycles. The molecule has 104 valence electrons. The zero-order valence-corrected chi connectivity index (χ0v) is 11.9. The third-order valence-electron chi connectivity index (χ3n) is 2.61. The predicted molar refractivity (Wildman–Crippen MR) is 83.3 cm³/mol. The maximum Gasteiger partial charge on any atom is 0.221 e. The molecule has 0 fully saturated rings. The van der Waals surface area contributed by atoms with Gasteiger partial charge in [0.2, 0.25) is 5.91 Å². The van der Waals surface area contributed by atoms with Crippen molar-refractivity contribution >= 4 is 23.4 Å². The zero-order chi connectivity index (χ0) is 16.9. The minimum atomic E-state index is -2.19. The highest BCUT2D eigenvalue weighted by Crippen LogP contribution is 2.31. The van der Waals surface area contributed by atoms with Gasteiger partial charge in [-0.1, -0.05) is 30.3 Å². The molecule has 1 amide bonds. The van der Waals surface area contributed by atoms with Gasteiger partial charge in [-0.3, -0.25) is 4.79 Å². The summed E-state index contributed by atoms with van der Waals surface area (Å²) in [5.74, 6) is 0.261. The average molecular weight is 290 g/mol. The lowest BCUT2D eigenvalue weighted by atomic mass is 10.2. The van der Waals surface area contributed by atoms with E-state index >= 15 is 0 Å². The van der Waals surface area contributed by atoms with Gasteiger partial charge >= 0.3 is 0 Å². The lowest BCUT2D eigenvalue weighted by Gasteiger charge is -2.12. The highest BCUT2D eigenvalue weighted by Gasteiger charge is 2.06. The molecule has 2 aromatic carbocycles. The quantitative estimate of drug-likeness (QED) is 0.847. The van der Waals surface area contributed by atoms with Gasteiger partial charge in [-0.05, 0) is 29.9 Å². The van der Waals surface area contributed by atoms with Gasteiger partial charge in [-0.2, -0.15) is 0 Å². The number of carbonyl (C=O) groups excluding carboxylic acids is 1. The van der Waals surface area contributed by atoms with Gasteiger partial charge in [0.15, 0.2) is 0 Å². The zero-order valence-electron chi connectivity index (χ0n) is 14.1. The minimum Gasteiger partial charge on any atom is -0.488 e. The maximum atomic E-state index is 11.1. The lowest BCUT2D eigenvalue weighted by Crippen LogP contribution is -2.06. The topological polar surface area (TPSA) is 38.3 Å². The summed E-state index contributed by atoms with van der Waals surface area (Å²) < 4.78 is 28.0. The lowest BCUT2D eigenvalue weighted by molar-refractivity contribution is -0.114. The van der Waals surface area contributed by atoms with Crippen molar-refractivity contribution in [3.8, 4) is 5.75 Å². The Balaban J connectivity index is 2.20. The predicted octanol–water partition coefficient (Wildman–Crippen LogP) is 3.95. The van der Waals surface area contributed by atoms with E-state index < -0.39 is 6.18 Å². The standard InChI is InChI=1S/C16H17NO2S/c1-12(18)17-14-8-9-15(16(10-14)20-2)19-11-13-6-4-3-5-7-13/h3-10H,11H2,1-2H3,(H,17,18)/i2D3. The van der Waals surface area contributed by atoms with Gasteiger partial charge in [0.05, 0.1) is 4.90 Å². The number of hydrogen-bond acceptors (Lipinski definition) is 3. The first-order valence-corrected chi connectivity index (χ1v) is 6.92. The third-order valence-corrected chi connectivity index (χ3v) is 3.15. The summed E-state index contributed by atoms with van der Waals surface area (Å²) in [6.45, 7) is 1.74. The number of rotatable bonds is 5. The van der Waals surface area contributed by atoms with E-state index in [9.17, 15) is 4.79 Å². The van der Waals surface area contributed by atoms with Crippen LogP contribution in [0.15, 0.2) is 53.4 Å². The van der Waals surface area contributed by atoms with Crippen LogP contribution in [0.4, 0.5) is 5.69 Å². The molecule has 1 N–H and O–H groups in total. The Bertz CT molecular complexity index is 675. The Morgan fingerprint density at radius 1 is 1.30 bits per heavy atom. The number of hydrogen-bond donors (Lipinski definition) is 1. The van der Waals surface area contributed by atoms with E-state index in [1.165, 1.54) is 6.92 Å². The van der Waals surface area contributed by atoms with E-state index in [2.05, 4.69) is 5.32 Å². The van der Waals surface area contributed by atoms with Crippen LogP contribution in [0.1, 0.15) is 16.6 Å². The first-order chi connectivity index (χ1) is 10.8. The molecule has 0 bridgehead atoms. The van der Waals surface area contributed by atoms with E-state index in [0.29, 0.717) is 22.9 Å². The Kier molecular flexibility index (Phi) is 3.78. The molecule has 2 aromatic rings. The van der Waals surface area contributed by atoms with Gasteiger partial charge < -0.3 is 10.1 Å². The summed E-state index contributed by atoms with van der Waals surface area (Å²) in [4.78, 5) is 11.6. The first kappa shape index (κ1) is 10.8. The van der Waals surface area contributed by atoms with Gasteiger partial charge in [-0.15, -0.1) is 11.8 Å². The second-order valence-electron chi connectivity index (χ2n) is 4.22. The smallest absolute Gasteiger partial charge is 0.221 e. The Morgan fingerprint density at radius 2 is 2.10 bits per heavy atom. The number of anilines is 1. The second kappa shape index (κ2) is 7.01. The van der Waals surface area contributed by atoms with Gasteiger partial charge in [0.1, 0.15) is 12.4 Å². The van der Waals surface area contributed by atoms with Gasteiger partial charge in [-0.25, -0.2) is 0 Å². The van der Waals surface area contributed by atoms with Crippen LogP contribution < -0.4 is 10.1 Å². The van der Waals surface area contributed by atoms with E-state index in [0.717, 1.165) is 17.3 Å². The number of carbonyl (C=O) groups is 1. The molecule has 0 aliphatic heterocycles. The monoisotopic (exact) mass is 290 g/mol. The molecular weight excluding hydrogens is 270 g/mol. The molecule has 0 aliphatic carbocycles. The fraction of sp³-hybridized carbons (Fsp3) is 0.188. The Morgan fingerprint density at radius 3 is 2.80 bits per heavy atom. The number of benzene rings is 2. The van der Waals surface area contributed by atoms with E-state index in [-0.39, 0.29) is 5.91 Å². The van der Waals surface area contributed by atoms with Gasteiger partial charge in [0.25, 0.3) is 0 Å². The van der Waals surface area contributed by atoms with Crippen molar-refractivity contribution in [3.05, 3.63) is 54.1 Å². The van der Waals surface area contributed by atoms with Crippen molar-refractivity contribution in [1.82, 2.24) is 0 Å². The van der Waals surface area contributed by atoms with Crippen LogP contribution >= 0.6 is 11.8 Å². The third kappa shape index (κ3) is 4.03. The van der Waals surface area contributed by atoms with Crippen LogP contribution in [0, 0.1) is 0 Å². The largest absolute Gasteiger partial charge is 0.488 e. The van der Waals surface area contributed by atoms with Crippen LogP contribution in [-0.2, 0) is 11.4 Å². The van der Waals surface area contributed by atoms with Crippen molar-refractivity contribution in [2.75, 3.05) is 11.5 Å². The number of amides is 1. The Labute approximate surface area is 127 Å². The van der Waals surface area contributed by atoms with Crippen LogP contribution in [0.2, 0.25) is 0 Å². The van der Waals surface area contributed by atoms with E-state index in [4.69, 9.17) is 8.85 Å². The fourth-order valence-corrected chi connectivity index (χ4v) is 2.14. The summed E-state index contributed by atoms with van der Waals surface area (Å²) in [6, 6.07) is 14.6. The van der Waals surface area contributed by atoms with E-state index in [1.54, 1.807) is 18.2 Å². The molecule has 0 aliphatic rings. The molecule has 20 heavy (non-hydrogen) atoms. The SMILES string of the molecule is [2H]C([2H])([2H])Sc1cc(NC(C)=O)ccc1OCc1ccccc1. The first-order valence-electron chi connectivity index (χ1n) is 7.61. The fourth-order valence-electron chi connectivity index (χ4n) is 1.72. The van der Waals surface area contributed by atoms with Crippen molar-refractivity contribution in [2.24, 2.45) is 0 Å². The van der Waals surface area contributed by atoms with Crippen molar-refractivity contribution in [3.63, 3.8) is 0 Å². The molecule has 4 heteroatoms. The summed E-state index contributed by atoms with van der Waals surface area (Å²) in [5.41, 5.74) is 1.53. The number of ether oxygens (including phenoxy) is 1. The number of nitrogens with one attached hydrogen (secondary N) is 1. The summed E-state index contributed by atoms with van der Waals surface area (Å²) in [7, 11) is 0. The van der Waals surface area contributed by atoms with Crippen LogP contribution in [0.3, 0.4) is 0 Å². The van der Waals surface area contributed by atoms with Crippen molar-refractivity contribution in [1.29, 1.82) is 0 Å². The van der Waals surface area contributed by atoms with Gasteiger partial charge in [0, 0.05) is 16.7 Å². The minimum absolute atomic E-state index is 0.215.